The van der Waals surface area contributed by atoms with Gasteiger partial charge in [-0.2, -0.15) is 0 Å². The fourth-order valence-corrected chi connectivity index (χ4v) is 1.28. The average molecular weight is 190 g/mol. The summed E-state index contributed by atoms with van der Waals surface area (Å²) in [5.41, 5.74) is 0. The molecule has 0 unspecified atom stereocenters. The molecule has 1 aliphatic rings. The number of halogens is 3. The van der Waals surface area contributed by atoms with Crippen molar-refractivity contribution in [1.29, 1.82) is 0 Å². The highest BCUT2D eigenvalue weighted by atomic mass is 32.3. The highest BCUT2D eigenvalue weighted by molar-refractivity contribution is 8.19. The van der Waals surface area contributed by atoms with Crippen LogP contribution in [0.1, 0.15) is 0 Å². The molecule has 0 aliphatic carbocycles. The highest BCUT2D eigenvalue weighted by Gasteiger charge is 2.24. The Morgan fingerprint density at radius 1 is 1.18 bits per heavy atom. The van der Waals surface area contributed by atoms with Crippen molar-refractivity contribution in [3.05, 3.63) is 0 Å². The van der Waals surface area contributed by atoms with Crippen LogP contribution in [0.2, 0.25) is 0 Å². The third-order valence-electron chi connectivity index (χ3n) is 1.24. The molecule has 0 aromatic rings. The standard InChI is InChI=1S/C4H9F3N2OS/c5-11(6,7)8-9-1-3-10-4-2-9/h8H,1-4H2. The molecule has 11 heavy (non-hydrogen) atoms. The van der Waals surface area contributed by atoms with Crippen molar-refractivity contribution in [2.24, 2.45) is 0 Å². The van der Waals surface area contributed by atoms with Gasteiger partial charge in [0.05, 0.1) is 13.2 Å². The molecular formula is C4H9F3N2OS. The Balaban J connectivity index is 2.24. The fourth-order valence-electron chi connectivity index (χ4n) is 0.801. The van der Waals surface area contributed by atoms with Crippen molar-refractivity contribution in [1.82, 2.24) is 9.84 Å². The van der Waals surface area contributed by atoms with Gasteiger partial charge in [0.1, 0.15) is 0 Å². The van der Waals surface area contributed by atoms with E-state index in [1.165, 1.54) is 4.83 Å². The zero-order chi connectivity index (χ0) is 8.32. The maximum Gasteiger partial charge on any atom is 0.288 e. The smallest absolute Gasteiger partial charge is 0.288 e. The van der Waals surface area contributed by atoms with Crippen LogP contribution in [0.3, 0.4) is 0 Å². The molecule has 3 nitrogen and oxygen atoms in total. The molecule has 68 valence electrons. The van der Waals surface area contributed by atoms with Crippen LogP contribution in [0.4, 0.5) is 11.7 Å². The summed E-state index contributed by atoms with van der Waals surface area (Å²) in [5, 5.41) is 1.14. The number of hydrazine groups is 1. The molecule has 1 heterocycles. The minimum absolute atomic E-state index is 0.298. The Hall–Kier alpha value is 0.0200. The molecule has 1 N–H and O–H groups in total. The largest absolute Gasteiger partial charge is 0.379 e. The SMILES string of the molecule is FS(F)(F)NN1CCOCC1. The molecule has 0 aromatic carbocycles. The van der Waals surface area contributed by atoms with Gasteiger partial charge in [-0.3, -0.25) is 0 Å². The van der Waals surface area contributed by atoms with E-state index in [9.17, 15) is 11.7 Å². The predicted molar refractivity (Wildman–Crippen MR) is 36.4 cm³/mol. The number of morpholine rings is 1. The Morgan fingerprint density at radius 3 is 2.18 bits per heavy atom. The van der Waals surface area contributed by atoms with Crippen LogP contribution in [0.25, 0.3) is 0 Å². The summed E-state index contributed by atoms with van der Waals surface area (Å²) >= 11 is -5.10. The molecule has 1 fully saturated rings. The van der Waals surface area contributed by atoms with E-state index >= 15 is 0 Å². The van der Waals surface area contributed by atoms with Gasteiger partial charge in [0.25, 0.3) is 11.4 Å². The molecule has 0 radical (unpaired) electrons. The second-order valence-electron chi connectivity index (χ2n) is 2.10. The molecular weight excluding hydrogens is 181 g/mol. The van der Waals surface area contributed by atoms with Crippen molar-refractivity contribution in [3.8, 4) is 0 Å². The minimum atomic E-state index is -5.10. The quantitative estimate of drug-likeness (QED) is 0.708. The van der Waals surface area contributed by atoms with Gasteiger partial charge < -0.3 is 4.74 Å². The molecule has 1 rings (SSSR count). The van der Waals surface area contributed by atoms with E-state index in [2.05, 4.69) is 0 Å². The molecule has 7 heteroatoms. The average Bonchev–Trinajstić information content (AvgIpc) is 1.85. The first-order chi connectivity index (χ1) is 5.08. The van der Waals surface area contributed by atoms with Gasteiger partial charge in [-0.15, -0.1) is 16.5 Å². The Kier molecular flexibility index (Phi) is 2.99. The maximum absolute atomic E-state index is 11.7. The van der Waals surface area contributed by atoms with Gasteiger partial charge in [0.2, 0.25) is 0 Å². The molecule has 0 bridgehead atoms. The second-order valence-corrected chi connectivity index (χ2v) is 3.09. The third kappa shape index (κ3) is 3.80. The number of nitrogens with one attached hydrogen (secondary N) is 1. The van der Waals surface area contributed by atoms with Crippen LogP contribution < -0.4 is 4.83 Å². The summed E-state index contributed by atoms with van der Waals surface area (Å²) < 4.78 is 40.1. The number of nitrogens with zero attached hydrogens (tertiary/aromatic N) is 1. The first kappa shape index (κ1) is 9.11. The van der Waals surface area contributed by atoms with Crippen LogP contribution in [0.15, 0.2) is 0 Å². The summed E-state index contributed by atoms with van der Waals surface area (Å²) in [6.45, 7) is 1.32. The Labute approximate surface area is 64.8 Å². The van der Waals surface area contributed by atoms with E-state index in [-0.39, 0.29) is 0 Å². The van der Waals surface area contributed by atoms with Crippen LogP contribution in [0, 0.1) is 0 Å². The van der Waals surface area contributed by atoms with Crippen molar-refractivity contribution in [2.45, 2.75) is 0 Å². The van der Waals surface area contributed by atoms with Crippen LogP contribution in [-0.4, -0.2) is 31.3 Å². The van der Waals surface area contributed by atoms with Crippen molar-refractivity contribution >= 4 is 11.4 Å². The molecule has 0 spiro atoms. The summed E-state index contributed by atoms with van der Waals surface area (Å²) in [4.78, 5) is 1.49. The van der Waals surface area contributed by atoms with Crippen LogP contribution >= 0.6 is 11.4 Å². The zero-order valence-corrected chi connectivity index (χ0v) is 6.54. The lowest BCUT2D eigenvalue weighted by atomic mass is 10.5. The number of ether oxygens (including phenoxy) is 1. The molecule has 0 saturated carbocycles. The van der Waals surface area contributed by atoms with E-state index in [1.54, 1.807) is 0 Å². The van der Waals surface area contributed by atoms with E-state index in [4.69, 9.17) is 4.74 Å². The topological polar surface area (TPSA) is 24.5 Å². The van der Waals surface area contributed by atoms with Gasteiger partial charge in [-0.05, 0) is 0 Å². The van der Waals surface area contributed by atoms with Gasteiger partial charge >= 0.3 is 0 Å². The monoisotopic (exact) mass is 190 g/mol. The zero-order valence-electron chi connectivity index (χ0n) is 5.73. The first-order valence-electron chi connectivity index (χ1n) is 3.10. The van der Waals surface area contributed by atoms with Crippen LogP contribution in [-0.2, 0) is 4.74 Å². The lowest BCUT2D eigenvalue weighted by Gasteiger charge is -2.28. The van der Waals surface area contributed by atoms with Gasteiger partial charge in [0, 0.05) is 13.1 Å². The Morgan fingerprint density at radius 2 is 1.73 bits per heavy atom. The summed E-state index contributed by atoms with van der Waals surface area (Å²) in [6.07, 6.45) is 0. The van der Waals surface area contributed by atoms with E-state index < -0.39 is 11.4 Å². The molecule has 0 amide bonds. The fraction of sp³-hybridized carbons (Fsp3) is 1.00. The van der Waals surface area contributed by atoms with Gasteiger partial charge in [0.15, 0.2) is 0 Å². The normalized spacial score (nSPS) is 23.5. The van der Waals surface area contributed by atoms with Crippen molar-refractivity contribution in [2.75, 3.05) is 26.3 Å². The minimum Gasteiger partial charge on any atom is -0.379 e. The third-order valence-corrected chi connectivity index (χ3v) is 1.71. The number of hydrogen-bond acceptors (Lipinski definition) is 3. The van der Waals surface area contributed by atoms with Crippen LogP contribution in [0.5, 0.6) is 0 Å². The van der Waals surface area contributed by atoms with Crippen molar-refractivity contribution < 1.29 is 16.4 Å². The van der Waals surface area contributed by atoms with E-state index in [1.807, 2.05) is 0 Å². The van der Waals surface area contributed by atoms with Crippen molar-refractivity contribution in [3.63, 3.8) is 0 Å². The summed E-state index contributed by atoms with van der Waals surface area (Å²) in [5.74, 6) is 0. The molecule has 1 aliphatic heterocycles. The second kappa shape index (κ2) is 3.61. The number of hydrogen-bond donors (Lipinski definition) is 1. The Bertz CT molecular complexity index is 125. The van der Waals surface area contributed by atoms with Gasteiger partial charge in [-0.25, -0.2) is 5.01 Å². The summed E-state index contributed by atoms with van der Waals surface area (Å²) in [6, 6.07) is 0. The first-order valence-corrected chi connectivity index (χ1v) is 4.43. The molecule has 0 atom stereocenters. The van der Waals surface area contributed by atoms with E-state index in [0.29, 0.717) is 26.3 Å². The highest BCUT2D eigenvalue weighted by Crippen LogP contribution is 2.48. The predicted octanol–water partition coefficient (Wildman–Crippen LogP) is 1.20. The lowest BCUT2D eigenvalue weighted by molar-refractivity contribution is 0.0259. The molecule has 1 saturated heterocycles. The maximum atomic E-state index is 11.7. The summed E-state index contributed by atoms with van der Waals surface area (Å²) in [7, 11) is 0. The number of rotatable bonds is 2. The van der Waals surface area contributed by atoms with E-state index in [0.717, 1.165) is 5.01 Å². The molecule has 0 aromatic heterocycles. The lowest BCUT2D eigenvalue weighted by Crippen LogP contribution is -2.44. The van der Waals surface area contributed by atoms with Gasteiger partial charge in [-0.1, -0.05) is 0 Å².